The zero-order valence-electron chi connectivity index (χ0n) is 23.7. The smallest absolute Gasteiger partial charge is 0.340 e. The summed E-state index contributed by atoms with van der Waals surface area (Å²) in [5, 5.41) is 5.79. The normalized spacial score (nSPS) is 23.2. The Morgan fingerprint density at radius 1 is 1.02 bits per heavy atom. The molecule has 0 bridgehead atoms. The lowest BCUT2D eigenvalue weighted by Gasteiger charge is -2.35. The van der Waals surface area contributed by atoms with Crippen molar-refractivity contribution < 1.29 is 45.9 Å². The van der Waals surface area contributed by atoms with Crippen LogP contribution in [-0.4, -0.2) is 64.7 Å². The van der Waals surface area contributed by atoms with E-state index in [1.807, 2.05) is 0 Å². The van der Waals surface area contributed by atoms with Gasteiger partial charge in [-0.15, -0.1) is 11.3 Å². The van der Waals surface area contributed by atoms with Gasteiger partial charge in [0, 0.05) is 22.0 Å². The van der Waals surface area contributed by atoms with Crippen LogP contribution in [-0.2, 0) is 36.1 Å². The molecule has 2 aromatic carbocycles. The van der Waals surface area contributed by atoms with Crippen LogP contribution < -0.4 is 10.6 Å². The van der Waals surface area contributed by atoms with Crippen LogP contribution in [0.15, 0.2) is 47.4 Å². The monoisotopic (exact) mass is 681 g/mol. The number of nitrogens with zero attached hydrogens (tertiary/aromatic N) is 1. The van der Waals surface area contributed by atoms with Gasteiger partial charge in [0.25, 0.3) is 5.91 Å². The van der Waals surface area contributed by atoms with Crippen molar-refractivity contribution in [2.45, 2.75) is 73.6 Å². The molecule has 0 saturated carbocycles. The minimum absolute atomic E-state index is 0.0223. The molecule has 1 aromatic heterocycles. The Labute approximate surface area is 261 Å². The Morgan fingerprint density at radius 3 is 2.53 bits per heavy atom. The number of nitrogens with one attached hydrogen (secondary N) is 2. The van der Waals surface area contributed by atoms with Gasteiger partial charge in [0.2, 0.25) is 11.8 Å². The van der Waals surface area contributed by atoms with Crippen molar-refractivity contribution in [2.75, 3.05) is 11.1 Å². The third-order valence-electron chi connectivity index (χ3n) is 8.70. The van der Waals surface area contributed by atoms with Gasteiger partial charge in [0.05, 0.1) is 15.5 Å². The zero-order valence-corrected chi connectivity index (χ0v) is 26.3. The number of hydrogen-bond donors (Lipinski definition) is 4. The second-order valence-corrected chi connectivity index (χ2v) is 16.4. The van der Waals surface area contributed by atoms with Gasteiger partial charge in [-0.1, -0.05) is 18.9 Å². The Hall–Kier alpha value is -3.23. The number of benzene rings is 2. The lowest BCUT2D eigenvalue weighted by atomic mass is 9.99. The van der Waals surface area contributed by atoms with Crippen molar-refractivity contribution in [3.8, 4) is 0 Å². The van der Waals surface area contributed by atoms with Crippen LogP contribution in [0.4, 0.5) is 14.5 Å². The number of anilines is 1. The maximum Gasteiger partial charge on any atom is 0.399 e. The maximum absolute atomic E-state index is 14.2. The van der Waals surface area contributed by atoms with Crippen LogP contribution in [0.5, 0.6) is 0 Å². The fourth-order valence-electron chi connectivity index (χ4n) is 6.40. The number of fused-ring (bicyclic) bond motifs is 3. The van der Waals surface area contributed by atoms with E-state index in [4.69, 9.17) is 9.79 Å². The molecule has 6 rings (SSSR count). The summed E-state index contributed by atoms with van der Waals surface area (Å²) >= 11 is 0.988. The lowest BCUT2D eigenvalue weighted by Crippen LogP contribution is -2.55. The molecule has 0 spiro atoms. The Morgan fingerprint density at radius 2 is 1.78 bits per heavy atom. The van der Waals surface area contributed by atoms with Crippen molar-refractivity contribution in [2.24, 2.45) is 0 Å². The van der Waals surface area contributed by atoms with E-state index < -0.39 is 58.5 Å². The summed E-state index contributed by atoms with van der Waals surface area (Å²) in [5.41, 5.74) is -4.20. The number of sulfone groups is 1. The van der Waals surface area contributed by atoms with E-state index in [0.29, 0.717) is 54.5 Å². The first kappa shape index (κ1) is 31.7. The summed E-state index contributed by atoms with van der Waals surface area (Å²) in [6.45, 7) is 0. The number of aryl methyl sites for hydroxylation is 1. The Kier molecular flexibility index (Phi) is 8.14. The van der Waals surface area contributed by atoms with Crippen molar-refractivity contribution in [3.63, 3.8) is 0 Å². The summed E-state index contributed by atoms with van der Waals surface area (Å²) in [6, 6.07) is 7.19. The summed E-state index contributed by atoms with van der Waals surface area (Å²) in [7, 11) is -9.08. The molecule has 4 heterocycles. The molecular formula is C29H30F2N3O8PS2. The van der Waals surface area contributed by atoms with Gasteiger partial charge < -0.3 is 25.3 Å². The first-order valence-corrected chi connectivity index (χ1v) is 18.5. The highest BCUT2D eigenvalue weighted by atomic mass is 32.2. The molecule has 2 fully saturated rings. The second kappa shape index (κ2) is 11.5. The Balaban J connectivity index is 1.19. The van der Waals surface area contributed by atoms with Gasteiger partial charge in [0.1, 0.15) is 12.1 Å². The SMILES string of the molecule is O=C(N[C@H]1CCCC[C@H]2CC[C@@H](C(=O)Nc3ccc4c(c3)CCS4(=O)=O)N2C1=O)c1cc2cc(C(F)(F)P(=O)(O)O)ccc2s1. The fourth-order valence-corrected chi connectivity index (χ4v) is 9.36. The number of rotatable bonds is 6. The zero-order chi connectivity index (χ0) is 32.3. The molecule has 3 aromatic rings. The fraction of sp³-hybridized carbons (Fsp3) is 0.414. The quantitative estimate of drug-likeness (QED) is 0.282. The lowest BCUT2D eigenvalue weighted by molar-refractivity contribution is -0.141. The van der Waals surface area contributed by atoms with E-state index in [1.54, 1.807) is 11.0 Å². The second-order valence-electron chi connectivity index (χ2n) is 11.6. The van der Waals surface area contributed by atoms with Crippen molar-refractivity contribution in [1.29, 1.82) is 0 Å². The molecule has 2 saturated heterocycles. The van der Waals surface area contributed by atoms with Crippen LogP contribution in [0.25, 0.3) is 10.1 Å². The van der Waals surface area contributed by atoms with E-state index in [9.17, 15) is 36.1 Å². The van der Waals surface area contributed by atoms with Gasteiger partial charge >= 0.3 is 13.3 Å². The van der Waals surface area contributed by atoms with E-state index >= 15 is 0 Å². The highest BCUT2D eigenvalue weighted by Crippen LogP contribution is 2.59. The summed E-state index contributed by atoms with van der Waals surface area (Å²) in [6.07, 6.45) is 3.91. The molecular weight excluding hydrogens is 651 g/mol. The van der Waals surface area contributed by atoms with Crippen LogP contribution in [0.3, 0.4) is 0 Å². The van der Waals surface area contributed by atoms with Gasteiger partial charge in [-0.25, -0.2) is 8.42 Å². The van der Waals surface area contributed by atoms with E-state index in [0.717, 1.165) is 29.9 Å². The van der Waals surface area contributed by atoms with Gasteiger partial charge in [-0.3, -0.25) is 18.9 Å². The molecule has 4 N–H and O–H groups in total. The van der Waals surface area contributed by atoms with Gasteiger partial charge in [0.15, 0.2) is 9.84 Å². The molecule has 0 unspecified atom stereocenters. The summed E-state index contributed by atoms with van der Waals surface area (Å²) in [4.78, 5) is 60.7. The number of amides is 3. The van der Waals surface area contributed by atoms with E-state index in [2.05, 4.69) is 10.6 Å². The van der Waals surface area contributed by atoms with Crippen molar-refractivity contribution >= 4 is 62.3 Å². The molecule has 45 heavy (non-hydrogen) atoms. The topological polar surface area (TPSA) is 170 Å². The highest BCUT2D eigenvalue weighted by molar-refractivity contribution is 7.91. The summed E-state index contributed by atoms with van der Waals surface area (Å²) < 4.78 is 64.6. The highest BCUT2D eigenvalue weighted by Gasteiger charge is 2.50. The molecule has 240 valence electrons. The number of halogens is 2. The average Bonchev–Trinajstić information content (AvgIpc) is 3.67. The minimum Gasteiger partial charge on any atom is -0.340 e. The van der Waals surface area contributed by atoms with E-state index in [1.165, 1.54) is 24.3 Å². The molecule has 11 nitrogen and oxygen atoms in total. The van der Waals surface area contributed by atoms with Crippen molar-refractivity contribution in [3.05, 3.63) is 58.5 Å². The summed E-state index contributed by atoms with van der Waals surface area (Å²) in [5.74, 6) is -1.38. The molecule has 3 amide bonds. The van der Waals surface area contributed by atoms with Crippen LogP contribution in [0, 0.1) is 0 Å². The maximum atomic E-state index is 14.2. The Bertz CT molecular complexity index is 1880. The molecule has 3 atom stereocenters. The predicted molar refractivity (Wildman–Crippen MR) is 162 cm³/mol. The van der Waals surface area contributed by atoms with Gasteiger partial charge in [-0.2, -0.15) is 8.78 Å². The van der Waals surface area contributed by atoms with Crippen molar-refractivity contribution in [1.82, 2.24) is 10.2 Å². The molecule has 0 radical (unpaired) electrons. The molecule has 16 heteroatoms. The molecule has 0 aliphatic carbocycles. The number of carbonyl (C=O) groups excluding carboxylic acids is 3. The number of alkyl halides is 2. The van der Waals surface area contributed by atoms with Crippen LogP contribution in [0.1, 0.15) is 59.3 Å². The third kappa shape index (κ3) is 5.92. The predicted octanol–water partition coefficient (Wildman–Crippen LogP) is 4.13. The van der Waals surface area contributed by atoms with E-state index in [-0.39, 0.29) is 27.0 Å². The molecule has 3 aliphatic heterocycles. The first-order chi connectivity index (χ1) is 21.2. The van der Waals surface area contributed by atoms with Crippen LogP contribution >= 0.6 is 18.9 Å². The number of hydrogen-bond acceptors (Lipinski definition) is 7. The number of thiophene rings is 1. The molecule has 3 aliphatic rings. The largest absolute Gasteiger partial charge is 0.399 e. The first-order valence-electron chi connectivity index (χ1n) is 14.4. The number of carbonyl (C=O) groups is 3. The van der Waals surface area contributed by atoms with Gasteiger partial charge in [-0.05, 0) is 79.5 Å². The third-order valence-corrected chi connectivity index (χ3v) is 12.6. The van der Waals surface area contributed by atoms with Crippen LogP contribution in [0.2, 0.25) is 0 Å². The average molecular weight is 682 g/mol. The standard InChI is InChI=1S/C29H30F2N3O8PS2/c30-29(31,43(38,39)40)18-5-9-23-17(13-18)15-24(44-23)27(36)33-21-4-2-1-3-20-7-8-22(34(20)28(21)37)26(35)32-19-6-10-25-16(14-19)11-12-45(25,41)42/h5-6,9-10,13-15,20-22H,1-4,7-8,11-12H2,(H,32,35)(H,33,36)(H2,38,39,40)/t20-,21-,22-/m0/s1. The minimum atomic E-state index is -5.77.